The summed E-state index contributed by atoms with van der Waals surface area (Å²) in [5.41, 5.74) is 1.95. The third-order valence-corrected chi connectivity index (χ3v) is 5.17. The Morgan fingerprint density at radius 1 is 1.03 bits per heavy atom. The van der Waals surface area contributed by atoms with Crippen LogP contribution in [0.5, 0.6) is 11.5 Å². The maximum atomic E-state index is 14.0. The van der Waals surface area contributed by atoms with Crippen LogP contribution in [0.1, 0.15) is 28.4 Å². The Bertz CT molecular complexity index is 1050. The fourth-order valence-corrected chi connectivity index (χ4v) is 3.28. The summed E-state index contributed by atoms with van der Waals surface area (Å²) in [4.78, 5) is 11.0. The van der Waals surface area contributed by atoms with Crippen molar-refractivity contribution in [2.45, 2.75) is 20.1 Å². The van der Waals surface area contributed by atoms with Crippen molar-refractivity contribution in [1.82, 2.24) is 0 Å². The van der Waals surface area contributed by atoms with Crippen LogP contribution in [0.15, 0.2) is 54.6 Å². The van der Waals surface area contributed by atoms with Crippen molar-refractivity contribution in [3.05, 3.63) is 87.2 Å². The van der Waals surface area contributed by atoms with Gasteiger partial charge in [0, 0.05) is 28.9 Å². The molecule has 0 spiro atoms. The van der Waals surface area contributed by atoms with E-state index in [4.69, 9.17) is 37.8 Å². The largest absolute Gasteiger partial charge is 0.490 e. The van der Waals surface area contributed by atoms with Crippen LogP contribution < -0.4 is 14.8 Å². The van der Waals surface area contributed by atoms with Crippen molar-refractivity contribution in [3.63, 3.8) is 0 Å². The fraction of sp³-hybridized carbons (Fsp3) is 0.174. The van der Waals surface area contributed by atoms with E-state index < -0.39 is 11.8 Å². The Balaban J connectivity index is 1.75. The highest BCUT2D eigenvalue weighted by Crippen LogP contribution is 2.35. The second kappa shape index (κ2) is 10.4. The van der Waals surface area contributed by atoms with Crippen molar-refractivity contribution in [2.75, 3.05) is 11.9 Å². The summed E-state index contributed by atoms with van der Waals surface area (Å²) in [6.45, 7) is 2.55. The molecule has 0 aromatic heterocycles. The van der Waals surface area contributed by atoms with E-state index >= 15 is 0 Å². The number of benzene rings is 3. The quantitative estimate of drug-likeness (QED) is 0.383. The zero-order chi connectivity index (χ0) is 22.4. The Morgan fingerprint density at radius 3 is 2.39 bits per heavy atom. The van der Waals surface area contributed by atoms with Gasteiger partial charge in [-0.1, -0.05) is 29.3 Å². The van der Waals surface area contributed by atoms with Crippen LogP contribution in [-0.2, 0) is 13.2 Å². The third-order valence-electron chi connectivity index (χ3n) is 4.46. The molecule has 162 valence electrons. The van der Waals surface area contributed by atoms with Gasteiger partial charge in [-0.15, -0.1) is 0 Å². The number of carboxylic acids is 1. The number of ether oxygens (including phenoxy) is 2. The molecular formula is C23H20Cl2FNO4. The first-order valence-electron chi connectivity index (χ1n) is 9.47. The van der Waals surface area contributed by atoms with Crippen LogP contribution in [0.25, 0.3) is 0 Å². The highest BCUT2D eigenvalue weighted by Gasteiger charge is 2.14. The molecule has 3 aromatic rings. The lowest BCUT2D eigenvalue weighted by atomic mass is 10.1. The van der Waals surface area contributed by atoms with Gasteiger partial charge in [0.2, 0.25) is 0 Å². The molecule has 0 aliphatic heterocycles. The van der Waals surface area contributed by atoms with Gasteiger partial charge in [-0.25, -0.2) is 9.18 Å². The molecule has 0 heterocycles. The zero-order valence-corrected chi connectivity index (χ0v) is 18.1. The monoisotopic (exact) mass is 463 g/mol. The fourth-order valence-electron chi connectivity index (χ4n) is 2.84. The molecule has 0 amide bonds. The summed E-state index contributed by atoms with van der Waals surface area (Å²) in [5, 5.41) is 12.9. The second-order valence-corrected chi connectivity index (χ2v) is 7.36. The molecule has 8 heteroatoms. The predicted molar refractivity (Wildman–Crippen MR) is 119 cm³/mol. The number of hydrogen-bond donors (Lipinski definition) is 2. The highest BCUT2D eigenvalue weighted by molar-refractivity contribution is 6.31. The van der Waals surface area contributed by atoms with Crippen LogP contribution in [0.4, 0.5) is 10.1 Å². The summed E-state index contributed by atoms with van der Waals surface area (Å²) in [6, 6.07) is 14.2. The van der Waals surface area contributed by atoms with Gasteiger partial charge < -0.3 is 19.9 Å². The second-order valence-electron chi connectivity index (χ2n) is 6.55. The van der Waals surface area contributed by atoms with Gasteiger partial charge in [-0.2, -0.15) is 0 Å². The van der Waals surface area contributed by atoms with Crippen LogP contribution in [0.3, 0.4) is 0 Å². The number of carboxylic acid groups (broad SMARTS) is 1. The summed E-state index contributed by atoms with van der Waals surface area (Å²) < 4.78 is 25.4. The van der Waals surface area contributed by atoms with Gasteiger partial charge in [0.25, 0.3) is 0 Å². The lowest BCUT2D eigenvalue weighted by Crippen LogP contribution is -2.05. The molecule has 0 atom stereocenters. The molecule has 0 fully saturated rings. The highest BCUT2D eigenvalue weighted by atomic mass is 35.5. The minimum Gasteiger partial charge on any atom is -0.490 e. The maximum absolute atomic E-state index is 14.0. The number of nitrogens with one attached hydrogen (secondary N) is 1. The number of anilines is 1. The molecule has 5 nitrogen and oxygen atoms in total. The summed E-state index contributed by atoms with van der Waals surface area (Å²) in [5.74, 6) is -0.590. The molecule has 0 saturated carbocycles. The van der Waals surface area contributed by atoms with Crippen molar-refractivity contribution in [3.8, 4) is 11.5 Å². The molecule has 3 aromatic carbocycles. The predicted octanol–water partition coefficient (Wildman–Crippen LogP) is 6.42. The normalized spacial score (nSPS) is 10.6. The van der Waals surface area contributed by atoms with Crippen LogP contribution >= 0.6 is 23.2 Å². The van der Waals surface area contributed by atoms with Gasteiger partial charge in [-0.3, -0.25) is 0 Å². The van der Waals surface area contributed by atoms with E-state index in [0.29, 0.717) is 29.7 Å². The number of halogens is 3. The van der Waals surface area contributed by atoms with E-state index in [0.717, 1.165) is 11.3 Å². The topological polar surface area (TPSA) is 67.8 Å². The van der Waals surface area contributed by atoms with Gasteiger partial charge >= 0.3 is 5.97 Å². The zero-order valence-electron chi connectivity index (χ0n) is 16.6. The van der Waals surface area contributed by atoms with Gasteiger partial charge in [-0.05, 0) is 55.0 Å². The number of carbonyl (C=O) groups is 1. The summed E-state index contributed by atoms with van der Waals surface area (Å²) in [6.07, 6.45) is 0. The van der Waals surface area contributed by atoms with Gasteiger partial charge in [0.15, 0.2) is 11.5 Å². The van der Waals surface area contributed by atoms with E-state index in [1.54, 1.807) is 30.3 Å². The molecule has 0 unspecified atom stereocenters. The third kappa shape index (κ3) is 5.81. The molecular weight excluding hydrogens is 444 g/mol. The number of rotatable bonds is 9. The van der Waals surface area contributed by atoms with Crippen molar-refractivity contribution in [1.29, 1.82) is 0 Å². The molecule has 0 aliphatic carbocycles. The van der Waals surface area contributed by atoms with Gasteiger partial charge in [0.1, 0.15) is 12.4 Å². The van der Waals surface area contributed by atoms with Crippen molar-refractivity contribution in [2.24, 2.45) is 0 Å². The van der Waals surface area contributed by atoms with E-state index in [2.05, 4.69) is 5.32 Å². The van der Waals surface area contributed by atoms with E-state index in [1.807, 2.05) is 6.92 Å². The molecule has 0 saturated heterocycles. The summed E-state index contributed by atoms with van der Waals surface area (Å²) >= 11 is 12.5. The van der Waals surface area contributed by atoms with E-state index in [9.17, 15) is 9.18 Å². The standard InChI is InChI=1S/C23H20Cl2FNO4/c1-2-30-21-10-15(12-27-16-8-6-14(7-9-16)23(28)29)19(25)11-22(21)31-13-17-18(24)4-3-5-20(17)26/h3-11,27H,2,12-13H2,1H3,(H,28,29). The first-order valence-corrected chi connectivity index (χ1v) is 10.2. The Hall–Kier alpha value is -2.96. The molecule has 0 radical (unpaired) electrons. The average Bonchev–Trinajstić information content (AvgIpc) is 2.74. The van der Waals surface area contributed by atoms with Gasteiger partial charge in [0.05, 0.1) is 17.2 Å². The lowest BCUT2D eigenvalue weighted by molar-refractivity contribution is 0.0697. The smallest absolute Gasteiger partial charge is 0.335 e. The Kier molecular flexibility index (Phi) is 7.60. The number of hydrogen-bond acceptors (Lipinski definition) is 4. The van der Waals surface area contributed by atoms with E-state index in [-0.39, 0.29) is 22.8 Å². The lowest BCUT2D eigenvalue weighted by Gasteiger charge is -2.16. The molecule has 31 heavy (non-hydrogen) atoms. The van der Waals surface area contributed by atoms with Crippen molar-refractivity contribution < 1.29 is 23.8 Å². The van der Waals surface area contributed by atoms with E-state index in [1.165, 1.54) is 24.3 Å². The van der Waals surface area contributed by atoms with Crippen LogP contribution in [0.2, 0.25) is 10.0 Å². The molecule has 0 bridgehead atoms. The molecule has 3 rings (SSSR count). The Morgan fingerprint density at radius 2 is 1.74 bits per heavy atom. The maximum Gasteiger partial charge on any atom is 0.335 e. The minimum absolute atomic E-state index is 0.0740. The Labute approximate surface area is 189 Å². The number of aromatic carboxylic acids is 1. The molecule has 0 aliphatic rings. The first-order chi connectivity index (χ1) is 14.9. The SMILES string of the molecule is CCOc1cc(CNc2ccc(C(=O)O)cc2)c(Cl)cc1OCc1c(F)cccc1Cl. The summed E-state index contributed by atoms with van der Waals surface area (Å²) in [7, 11) is 0. The van der Waals surface area contributed by atoms with Crippen molar-refractivity contribution >= 4 is 34.9 Å². The first kappa shape index (κ1) is 22.7. The average molecular weight is 464 g/mol. The molecule has 2 N–H and O–H groups in total. The minimum atomic E-state index is -0.983. The van der Waals surface area contributed by atoms with Crippen LogP contribution in [0, 0.1) is 5.82 Å². The van der Waals surface area contributed by atoms with Crippen LogP contribution in [-0.4, -0.2) is 17.7 Å².